The SMILES string of the molecule is CCC(N)(Cc1c(F)ccc(Br)c1F)c1ccc(F)cn1. The number of aromatic nitrogens is 1. The first-order valence-corrected chi connectivity index (χ1v) is 7.20. The number of rotatable bonds is 4. The lowest BCUT2D eigenvalue weighted by Gasteiger charge is -2.28. The summed E-state index contributed by atoms with van der Waals surface area (Å²) in [6.07, 6.45) is 1.37. The Balaban J connectivity index is 2.43. The Morgan fingerprint density at radius 2 is 1.90 bits per heavy atom. The first-order valence-electron chi connectivity index (χ1n) is 6.40. The van der Waals surface area contributed by atoms with Crippen molar-refractivity contribution in [2.24, 2.45) is 5.73 Å². The van der Waals surface area contributed by atoms with Gasteiger partial charge >= 0.3 is 0 Å². The number of nitrogens with two attached hydrogens (primary N) is 1. The topological polar surface area (TPSA) is 38.9 Å². The normalized spacial score (nSPS) is 14.0. The molecule has 1 unspecified atom stereocenters. The van der Waals surface area contributed by atoms with Crippen LogP contribution in [0.5, 0.6) is 0 Å². The van der Waals surface area contributed by atoms with E-state index in [-0.39, 0.29) is 16.5 Å². The maximum absolute atomic E-state index is 14.1. The van der Waals surface area contributed by atoms with Gasteiger partial charge in [0.15, 0.2) is 0 Å². The van der Waals surface area contributed by atoms with Crippen LogP contribution in [0.3, 0.4) is 0 Å². The average molecular weight is 359 g/mol. The first-order chi connectivity index (χ1) is 9.87. The fourth-order valence-electron chi connectivity index (χ4n) is 2.11. The third-order valence-electron chi connectivity index (χ3n) is 3.50. The molecule has 6 heteroatoms. The van der Waals surface area contributed by atoms with Gasteiger partial charge in [-0.2, -0.15) is 0 Å². The fraction of sp³-hybridized carbons (Fsp3) is 0.267. The van der Waals surface area contributed by atoms with Gasteiger partial charge in [0.05, 0.1) is 21.9 Å². The highest BCUT2D eigenvalue weighted by Crippen LogP contribution is 2.30. The van der Waals surface area contributed by atoms with Crippen molar-refractivity contribution in [2.75, 3.05) is 0 Å². The van der Waals surface area contributed by atoms with Crippen LogP contribution in [0, 0.1) is 17.5 Å². The monoisotopic (exact) mass is 358 g/mol. The van der Waals surface area contributed by atoms with Crippen LogP contribution in [0.2, 0.25) is 0 Å². The molecule has 112 valence electrons. The zero-order valence-electron chi connectivity index (χ0n) is 11.3. The third-order valence-corrected chi connectivity index (χ3v) is 4.11. The molecule has 21 heavy (non-hydrogen) atoms. The second-order valence-electron chi connectivity index (χ2n) is 4.87. The second-order valence-corrected chi connectivity index (χ2v) is 5.72. The van der Waals surface area contributed by atoms with Crippen LogP contribution in [-0.4, -0.2) is 4.98 Å². The Kier molecular flexibility index (Phi) is 4.68. The summed E-state index contributed by atoms with van der Waals surface area (Å²) in [5.41, 5.74) is 5.46. The number of halogens is 4. The van der Waals surface area contributed by atoms with Gasteiger partial charge in [-0.3, -0.25) is 4.98 Å². The Hall–Kier alpha value is -1.40. The van der Waals surface area contributed by atoms with E-state index in [1.165, 1.54) is 24.3 Å². The van der Waals surface area contributed by atoms with Crippen molar-refractivity contribution in [3.63, 3.8) is 0 Å². The molecule has 0 bridgehead atoms. The van der Waals surface area contributed by atoms with Crippen molar-refractivity contribution in [2.45, 2.75) is 25.3 Å². The lowest BCUT2D eigenvalue weighted by molar-refractivity contribution is 0.392. The van der Waals surface area contributed by atoms with Crippen molar-refractivity contribution in [1.82, 2.24) is 4.98 Å². The largest absolute Gasteiger partial charge is 0.320 e. The molecule has 2 nitrogen and oxygen atoms in total. The molecule has 0 spiro atoms. The highest BCUT2D eigenvalue weighted by Gasteiger charge is 2.30. The summed E-state index contributed by atoms with van der Waals surface area (Å²) in [6, 6.07) is 5.14. The summed E-state index contributed by atoms with van der Waals surface area (Å²) < 4.78 is 41.1. The molecule has 1 heterocycles. The van der Waals surface area contributed by atoms with Gasteiger partial charge in [0, 0.05) is 12.0 Å². The van der Waals surface area contributed by atoms with Crippen molar-refractivity contribution < 1.29 is 13.2 Å². The van der Waals surface area contributed by atoms with Gasteiger partial charge in [-0.15, -0.1) is 0 Å². The van der Waals surface area contributed by atoms with Gasteiger partial charge in [-0.25, -0.2) is 13.2 Å². The van der Waals surface area contributed by atoms with Gasteiger partial charge in [0.25, 0.3) is 0 Å². The lowest BCUT2D eigenvalue weighted by atomic mass is 9.85. The molecule has 1 atom stereocenters. The van der Waals surface area contributed by atoms with E-state index in [1.54, 1.807) is 6.92 Å². The van der Waals surface area contributed by atoms with Crippen LogP contribution < -0.4 is 5.73 Å². The van der Waals surface area contributed by atoms with E-state index in [9.17, 15) is 13.2 Å². The van der Waals surface area contributed by atoms with E-state index in [0.717, 1.165) is 6.20 Å². The standard InChI is InChI=1S/C15H14BrF3N2/c1-2-15(20,13-6-3-9(17)8-21-13)7-10-12(18)5-4-11(16)14(10)19/h3-6,8H,2,7,20H2,1H3. The smallest absolute Gasteiger partial charge is 0.143 e. The van der Waals surface area contributed by atoms with Crippen LogP contribution in [0.1, 0.15) is 24.6 Å². The highest BCUT2D eigenvalue weighted by molar-refractivity contribution is 9.10. The van der Waals surface area contributed by atoms with Crippen LogP contribution in [0.15, 0.2) is 34.9 Å². The zero-order valence-corrected chi connectivity index (χ0v) is 12.9. The Morgan fingerprint density at radius 3 is 2.48 bits per heavy atom. The molecular formula is C15H14BrF3N2. The molecular weight excluding hydrogens is 345 g/mol. The summed E-state index contributed by atoms with van der Waals surface area (Å²) in [6.45, 7) is 1.79. The molecule has 0 saturated carbocycles. The predicted molar refractivity (Wildman–Crippen MR) is 78.1 cm³/mol. The summed E-state index contributed by atoms with van der Waals surface area (Å²) in [5.74, 6) is -1.83. The number of hydrogen-bond donors (Lipinski definition) is 1. The maximum Gasteiger partial charge on any atom is 0.143 e. The minimum Gasteiger partial charge on any atom is -0.320 e. The number of pyridine rings is 1. The molecule has 0 aliphatic heterocycles. The van der Waals surface area contributed by atoms with Crippen LogP contribution >= 0.6 is 15.9 Å². The van der Waals surface area contributed by atoms with E-state index in [2.05, 4.69) is 20.9 Å². The second kappa shape index (κ2) is 6.15. The summed E-state index contributed by atoms with van der Waals surface area (Å²) >= 11 is 3.03. The average Bonchev–Trinajstić information content (AvgIpc) is 2.48. The first kappa shape index (κ1) is 16.0. The third kappa shape index (κ3) is 3.27. The fourth-order valence-corrected chi connectivity index (χ4v) is 2.49. The van der Waals surface area contributed by atoms with Gasteiger partial charge in [0.2, 0.25) is 0 Å². The van der Waals surface area contributed by atoms with E-state index in [0.29, 0.717) is 12.1 Å². The molecule has 2 aromatic rings. The van der Waals surface area contributed by atoms with E-state index >= 15 is 0 Å². The van der Waals surface area contributed by atoms with Gasteiger partial charge < -0.3 is 5.73 Å². The van der Waals surface area contributed by atoms with E-state index in [4.69, 9.17) is 5.73 Å². The number of nitrogens with zero attached hydrogens (tertiary/aromatic N) is 1. The number of benzene rings is 1. The Bertz CT molecular complexity index is 646. The van der Waals surface area contributed by atoms with Crippen molar-refractivity contribution in [3.8, 4) is 0 Å². The molecule has 0 radical (unpaired) electrons. The molecule has 2 rings (SSSR count). The zero-order chi connectivity index (χ0) is 15.6. The maximum atomic E-state index is 14.1. The van der Waals surface area contributed by atoms with E-state index < -0.39 is 23.0 Å². The molecule has 2 N–H and O–H groups in total. The van der Waals surface area contributed by atoms with E-state index in [1.807, 2.05) is 0 Å². The minimum absolute atomic E-state index is 0.0702. The van der Waals surface area contributed by atoms with Gasteiger partial charge in [-0.1, -0.05) is 6.92 Å². The van der Waals surface area contributed by atoms with Gasteiger partial charge in [0.1, 0.15) is 17.5 Å². The van der Waals surface area contributed by atoms with Crippen molar-refractivity contribution in [1.29, 1.82) is 0 Å². The Labute approximate surface area is 129 Å². The molecule has 0 aliphatic carbocycles. The van der Waals surface area contributed by atoms with Crippen LogP contribution in [0.4, 0.5) is 13.2 Å². The Morgan fingerprint density at radius 1 is 1.19 bits per heavy atom. The molecule has 0 aliphatic rings. The lowest BCUT2D eigenvalue weighted by Crippen LogP contribution is -2.39. The van der Waals surface area contributed by atoms with Crippen molar-refractivity contribution >= 4 is 15.9 Å². The molecule has 0 fully saturated rings. The van der Waals surface area contributed by atoms with Gasteiger partial charge in [-0.05, 0) is 46.6 Å². The quantitative estimate of drug-likeness (QED) is 0.836. The number of hydrogen-bond acceptors (Lipinski definition) is 2. The predicted octanol–water partition coefficient (Wildman–Crippen LogP) is 4.07. The highest BCUT2D eigenvalue weighted by atomic mass is 79.9. The molecule has 0 saturated heterocycles. The summed E-state index contributed by atoms with van der Waals surface area (Å²) in [7, 11) is 0. The summed E-state index contributed by atoms with van der Waals surface area (Å²) in [4.78, 5) is 3.94. The minimum atomic E-state index is -1.07. The summed E-state index contributed by atoms with van der Waals surface area (Å²) in [5, 5.41) is 0. The molecule has 1 aromatic heterocycles. The molecule has 0 amide bonds. The van der Waals surface area contributed by atoms with Crippen molar-refractivity contribution in [3.05, 3.63) is 63.6 Å². The van der Waals surface area contributed by atoms with Crippen LogP contribution in [0.25, 0.3) is 0 Å². The van der Waals surface area contributed by atoms with Crippen LogP contribution in [-0.2, 0) is 12.0 Å². The molecule has 1 aromatic carbocycles.